The number of urea groups is 1. The standard InChI is InChI=1S/C14H16Cl2N4O2/c1-20-8-9(6-19-20)5-17-14(22)18-7-13(21)10-2-11(15)4-12(16)3-10/h2-4,6,8,13,21H,5,7H2,1H3,(H2,17,18,22). The van der Waals surface area contributed by atoms with Crippen molar-refractivity contribution in [2.45, 2.75) is 12.6 Å². The Hall–Kier alpha value is -1.76. The second kappa shape index (κ2) is 7.49. The van der Waals surface area contributed by atoms with Gasteiger partial charge in [0.25, 0.3) is 0 Å². The molecule has 8 heteroatoms. The summed E-state index contributed by atoms with van der Waals surface area (Å²) in [6.45, 7) is 0.411. The van der Waals surface area contributed by atoms with Crippen LogP contribution in [0.4, 0.5) is 4.79 Å². The predicted molar refractivity (Wildman–Crippen MR) is 84.9 cm³/mol. The van der Waals surface area contributed by atoms with Crippen molar-refractivity contribution in [3.8, 4) is 0 Å². The molecule has 1 heterocycles. The summed E-state index contributed by atoms with van der Waals surface area (Å²) in [5, 5.41) is 20.2. The number of aliphatic hydroxyl groups excluding tert-OH is 1. The Morgan fingerprint density at radius 1 is 1.32 bits per heavy atom. The molecule has 0 spiro atoms. The van der Waals surface area contributed by atoms with E-state index in [0.29, 0.717) is 22.2 Å². The first kappa shape index (κ1) is 16.6. The lowest BCUT2D eigenvalue weighted by atomic mass is 10.1. The molecule has 0 aliphatic rings. The van der Waals surface area contributed by atoms with E-state index in [9.17, 15) is 9.90 Å². The third-order valence-corrected chi connectivity index (χ3v) is 3.37. The highest BCUT2D eigenvalue weighted by molar-refractivity contribution is 6.34. The Kier molecular flexibility index (Phi) is 5.65. The van der Waals surface area contributed by atoms with Crippen LogP contribution in [0.25, 0.3) is 0 Å². The third kappa shape index (κ3) is 4.91. The van der Waals surface area contributed by atoms with Crippen LogP contribution < -0.4 is 10.6 Å². The van der Waals surface area contributed by atoms with Gasteiger partial charge < -0.3 is 15.7 Å². The summed E-state index contributed by atoms with van der Waals surface area (Å²) in [4.78, 5) is 11.7. The molecule has 0 saturated heterocycles. The van der Waals surface area contributed by atoms with E-state index < -0.39 is 6.10 Å². The van der Waals surface area contributed by atoms with Gasteiger partial charge in [-0.15, -0.1) is 0 Å². The number of carbonyl (C=O) groups excluding carboxylic acids is 1. The summed E-state index contributed by atoms with van der Waals surface area (Å²) < 4.78 is 1.65. The van der Waals surface area contributed by atoms with E-state index in [2.05, 4.69) is 15.7 Å². The fraction of sp³-hybridized carbons (Fsp3) is 0.286. The molecule has 3 N–H and O–H groups in total. The molecule has 0 saturated carbocycles. The molecular weight excluding hydrogens is 327 g/mol. The lowest BCUT2D eigenvalue weighted by molar-refractivity contribution is 0.173. The number of halogens is 2. The molecule has 0 aliphatic heterocycles. The summed E-state index contributed by atoms with van der Waals surface area (Å²) in [5.74, 6) is 0. The quantitative estimate of drug-likeness (QED) is 0.779. The van der Waals surface area contributed by atoms with E-state index in [-0.39, 0.29) is 12.6 Å². The number of amides is 2. The number of carbonyl (C=O) groups is 1. The monoisotopic (exact) mass is 342 g/mol. The van der Waals surface area contributed by atoms with Crippen molar-refractivity contribution in [3.63, 3.8) is 0 Å². The molecule has 0 radical (unpaired) electrons. The minimum atomic E-state index is -0.889. The number of rotatable bonds is 5. The molecule has 0 aliphatic carbocycles. The summed E-state index contributed by atoms with van der Waals surface area (Å²) in [5.41, 5.74) is 1.44. The lowest BCUT2D eigenvalue weighted by Crippen LogP contribution is -2.37. The first-order valence-corrected chi connectivity index (χ1v) is 7.33. The maximum Gasteiger partial charge on any atom is 0.315 e. The maximum absolute atomic E-state index is 11.7. The number of aliphatic hydroxyl groups is 1. The second-order valence-corrected chi connectivity index (χ2v) is 5.68. The van der Waals surface area contributed by atoms with E-state index in [1.54, 1.807) is 36.1 Å². The zero-order valence-corrected chi connectivity index (χ0v) is 13.4. The molecule has 118 valence electrons. The van der Waals surface area contributed by atoms with Crippen LogP contribution in [-0.2, 0) is 13.6 Å². The molecular formula is C14H16Cl2N4O2. The molecule has 2 amide bonds. The van der Waals surface area contributed by atoms with Crippen LogP contribution in [0.3, 0.4) is 0 Å². The van der Waals surface area contributed by atoms with Gasteiger partial charge in [0, 0.05) is 41.9 Å². The van der Waals surface area contributed by atoms with Gasteiger partial charge >= 0.3 is 6.03 Å². The lowest BCUT2D eigenvalue weighted by Gasteiger charge is -2.13. The topological polar surface area (TPSA) is 79.2 Å². The van der Waals surface area contributed by atoms with Gasteiger partial charge in [-0.1, -0.05) is 23.2 Å². The Bertz CT molecular complexity index is 640. The fourth-order valence-corrected chi connectivity index (χ4v) is 2.43. The molecule has 6 nitrogen and oxygen atoms in total. The van der Waals surface area contributed by atoms with E-state index in [1.807, 2.05) is 6.20 Å². The fourth-order valence-electron chi connectivity index (χ4n) is 1.88. The van der Waals surface area contributed by atoms with Gasteiger partial charge in [-0.3, -0.25) is 4.68 Å². The zero-order chi connectivity index (χ0) is 16.1. The van der Waals surface area contributed by atoms with Crippen molar-refractivity contribution in [1.29, 1.82) is 0 Å². The smallest absolute Gasteiger partial charge is 0.315 e. The van der Waals surface area contributed by atoms with Crippen LogP contribution in [0.1, 0.15) is 17.2 Å². The molecule has 22 heavy (non-hydrogen) atoms. The molecule has 1 unspecified atom stereocenters. The zero-order valence-electron chi connectivity index (χ0n) is 11.9. The largest absolute Gasteiger partial charge is 0.387 e. The number of aromatic nitrogens is 2. The summed E-state index contributed by atoms with van der Waals surface area (Å²) >= 11 is 11.7. The van der Waals surface area contributed by atoms with Crippen molar-refractivity contribution in [2.24, 2.45) is 7.05 Å². The minimum Gasteiger partial charge on any atom is -0.387 e. The van der Waals surface area contributed by atoms with Crippen LogP contribution >= 0.6 is 23.2 Å². The number of aryl methyl sites for hydroxylation is 1. The average molecular weight is 343 g/mol. The molecule has 1 aromatic heterocycles. The van der Waals surface area contributed by atoms with E-state index >= 15 is 0 Å². The number of nitrogens with one attached hydrogen (secondary N) is 2. The Balaban J connectivity index is 1.80. The molecule has 2 aromatic rings. The molecule has 0 fully saturated rings. The van der Waals surface area contributed by atoms with Gasteiger partial charge in [0.1, 0.15) is 0 Å². The molecule has 1 atom stereocenters. The first-order chi connectivity index (χ1) is 10.4. The number of benzene rings is 1. The van der Waals surface area contributed by atoms with Crippen molar-refractivity contribution >= 4 is 29.2 Å². The second-order valence-electron chi connectivity index (χ2n) is 4.80. The van der Waals surface area contributed by atoms with Crippen LogP contribution in [0.5, 0.6) is 0 Å². The van der Waals surface area contributed by atoms with Crippen LogP contribution in [-0.4, -0.2) is 27.5 Å². The number of hydrogen-bond acceptors (Lipinski definition) is 3. The summed E-state index contributed by atoms with van der Waals surface area (Å²) in [6.07, 6.45) is 2.59. The van der Waals surface area contributed by atoms with Crippen molar-refractivity contribution in [3.05, 3.63) is 51.8 Å². The van der Waals surface area contributed by atoms with Gasteiger partial charge in [0.2, 0.25) is 0 Å². The highest BCUT2D eigenvalue weighted by atomic mass is 35.5. The van der Waals surface area contributed by atoms with Gasteiger partial charge in [-0.25, -0.2) is 4.79 Å². The van der Waals surface area contributed by atoms with E-state index in [0.717, 1.165) is 5.56 Å². The van der Waals surface area contributed by atoms with Crippen LogP contribution in [0.2, 0.25) is 10.0 Å². The average Bonchev–Trinajstić information content (AvgIpc) is 2.87. The first-order valence-electron chi connectivity index (χ1n) is 6.57. The molecule has 1 aromatic carbocycles. The predicted octanol–water partition coefficient (Wildman–Crippen LogP) is 2.26. The third-order valence-electron chi connectivity index (χ3n) is 2.94. The highest BCUT2D eigenvalue weighted by Gasteiger charge is 2.11. The van der Waals surface area contributed by atoms with Crippen LogP contribution in [0, 0.1) is 0 Å². The SMILES string of the molecule is Cn1cc(CNC(=O)NCC(O)c2cc(Cl)cc(Cl)c2)cn1. The summed E-state index contributed by atoms with van der Waals surface area (Å²) in [6, 6.07) is 4.41. The number of hydrogen-bond donors (Lipinski definition) is 3. The van der Waals surface area contributed by atoms with Crippen LogP contribution in [0.15, 0.2) is 30.6 Å². The van der Waals surface area contributed by atoms with Crippen molar-refractivity contribution in [1.82, 2.24) is 20.4 Å². The van der Waals surface area contributed by atoms with Gasteiger partial charge in [0.15, 0.2) is 0 Å². The normalized spacial score (nSPS) is 12.0. The Labute approximate surface area is 138 Å². The van der Waals surface area contributed by atoms with Crippen molar-refractivity contribution in [2.75, 3.05) is 6.54 Å². The van der Waals surface area contributed by atoms with Gasteiger partial charge in [0.05, 0.1) is 12.3 Å². The number of nitrogens with zero attached hydrogens (tertiary/aromatic N) is 2. The minimum absolute atomic E-state index is 0.0511. The van der Waals surface area contributed by atoms with Crippen molar-refractivity contribution < 1.29 is 9.90 Å². The van der Waals surface area contributed by atoms with E-state index in [4.69, 9.17) is 23.2 Å². The van der Waals surface area contributed by atoms with Gasteiger partial charge in [-0.2, -0.15) is 5.10 Å². The highest BCUT2D eigenvalue weighted by Crippen LogP contribution is 2.23. The maximum atomic E-state index is 11.7. The Morgan fingerprint density at radius 2 is 2.00 bits per heavy atom. The Morgan fingerprint density at radius 3 is 2.59 bits per heavy atom. The van der Waals surface area contributed by atoms with E-state index in [1.165, 1.54) is 0 Å². The molecule has 2 rings (SSSR count). The molecule has 0 bridgehead atoms. The summed E-state index contributed by atoms with van der Waals surface area (Å²) in [7, 11) is 1.80. The van der Waals surface area contributed by atoms with Gasteiger partial charge in [-0.05, 0) is 23.8 Å².